The maximum Gasteiger partial charge on any atom is 0.325 e. The van der Waals surface area contributed by atoms with Crippen molar-refractivity contribution in [1.82, 2.24) is 10.2 Å². The number of anilines is 1. The van der Waals surface area contributed by atoms with Gasteiger partial charge in [0.1, 0.15) is 12.1 Å². The molecule has 0 bridgehead atoms. The van der Waals surface area contributed by atoms with E-state index in [0.717, 1.165) is 4.90 Å². The Labute approximate surface area is 140 Å². The molecule has 1 fully saturated rings. The molecule has 24 heavy (non-hydrogen) atoms. The molecule has 1 aliphatic heterocycles. The Morgan fingerprint density at radius 2 is 2.12 bits per heavy atom. The van der Waals surface area contributed by atoms with Gasteiger partial charge in [-0.2, -0.15) is 5.26 Å². The van der Waals surface area contributed by atoms with Gasteiger partial charge in [-0.25, -0.2) is 4.79 Å². The molecule has 1 atom stereocenters. The van der Waals surface area contributed by atoms with Crippen LogP contribution in [0.25, 0.3) is 0 Å². The van der Waals surface area contributed by atoms with Crippen molar-refractivity contribution in [3.8, 4) is 6.07 Å². The Morgan fingerprint density at radius 1 is 1.42 bits per heavy atom. The minimum absolute atomic E-state index is 0.224. The summed E-state index contributed by atoms with van der Waals surface area (Å²) in [4.78, 5) is 37.6. The van der Waals surface area contributed by atoms with Gasteiger partial charge in [0.2, 0.25) is 5.91 Å². The summed E-state index contributed by atoms with van der Waals surface area (Å²) in [6.45, 7) is 5.22. The molecule has 7 nitrogen and oxygen atoms in total. The first kappa shape index (κ1) is 17.5. The van der Waals surface area contributed by atoms with E-state index >= 15 is 0 Å². The summed E-state index contributed by atoms with van der Waals surface area (Å²) in [5, 5.41) is 14.1. The second-order valence-electron chi connectivity index (χ2n) is 6.49. The molecular weight excluding hydrogens is 308 g/mol. The summed E-state index contributed by atoms with van der Waals surface area (Å²) in [6.07, 6.45) is 0.500. The largest absolute Gasteiger partial charge is 0.325 e. The van der Waals surface area contributed by atoms with Crippen LogP contribution in [0.3, 0.4) is 0 Å². The maximum atomic E-state index is 12.5. The molecule has 4 amide bonds. The lowest BCUT2D eigenvalue weighted by Gasteiger charge is -2.23. The van der Waals surface area contributed by atoms with Gasteiger partial charge in [-0.05, 0) is 37.5 Å². The van der Waals surface area contributed by atoms with E-state index in [0.29, 0.717) is 17.7 Å². The maximum absolute atomic E-state index is 12.5. The van der Waals surface area contributed by atoms with Crippen LogP contribution in [0.2, 0.25) is 0 Å². The van der Waals surface area contributed by atoms with Crippen molar-refractivity contribution in [2.75, 3.05) is 11.9 Å². The van der Waals surface area contributed by atoms with Gasteiger partial charge in [0.15, 0.2) is 0 Å². The van der Waals surface area contributed by atoms with Gasteiger partial charge in [-0.3, -0.25) is 14.5 Å². The van der Waals surface area contributed by atoms with E-state index in [9.17, 15) is 14.4 Å². The van der Waals surface area contributed by atoms with Crippen molar-refractivity contribution in [2.45, 2.75) is 32.7 Å². The van der Waals surface area contributed by atoms with E-state index in [2.05, 4.69) is 10.6 Å². The summed E-state index contributed by atoms with van der Waals surface area (Å²) in [6, 6.07) is 7.82. The molecule has 1 aromatic carbocycles. The number of carbonyl (C=O) groups excluding carboxylic acids is 3. The van der Waals surface area contributed by atoms with E-state index in [1.54, 1.807) is 25.1 Å². The lowest BCUT2D eigenvalue weighted by Crippen LogP contribution is -2.45. The molecule has 126 valence electrons. The monoisotopic (exact) mass is 328 g/mol. The molecule has 0 aliphatic carbocycles. The van der Waals surface area contributed by atoms with Crippen LogP contribution in [0, 0.1) is 17.2 Å². The van der Waals surface area contributed by atoms with Crippen LogP contribution in [0.4, 0.5) is 10.5 Å². The highest BCUT2D eigenvalue weighted by molar-refractivity contribution is 6.09. The first-order chi connectivity index (χ1) is 11.2. The summed E-state index contributed by atoms with van der Waals surface area (Å²) in [5.41, 5.74) is -0.130. The van der Waals surface area contributed by atoms with E-state index in [1.807, 2.05) is 19.9 Å². The zero-order chi connectivity index (χ0) is 17.9. The van der Waals surface area contributed by atoms with Crippen molar-refractivity contribution in [3.05, 3.63) is 29.8 Å². The van der Waals surface area contributed by atoms with E-state index < -0.39 is 23.4 Å². The third kappa shape index (κ3) is 3.71. The fourth-order valence-electron chi connectivity index (χ4n) is 2.86. The lowest BCUT2D eigenvalue weighted by molar-refractivity contribution is -0.133. The van der Waals surface area contributed by atoms with Crippen LogP contribution in [0.15, 0.2) is 24.3 Å². The SMILES string of the molecule is CC(C)C[C@@]1(C)NC(=O)N(CC(=O)Nc2cccc(C#N)c2)C1=O. The van der Waals surface area contributed by atoms with Gasteiger partial charge < -0.3 is 10.6 Å². The Balaban J connectivity index is 2.05. The number of imide groups is 1. The molecule has 1 heterocycles. The summed E-state index contributed by atoms with van der Waals surface area (Å²) in [5.74, 6) is -0.675. The fourth-order valence-corrected chi connectivity index (χ4v) is 2.86. The smallest absolute Gasteiger partial charge is 0.324 e. The standard InChI is InChI=1S/C17H20N4O3/c1-11(2)8-17(3)15(23)21(16(24)20-17)10-14(22)19-13-6-4-5-12(7-13)9-18/h4-7,11H,8,10H2,1-3H3,(H,19,22)(H,20,24)/t17-/m1/s1. The molecule has 0 radical (unpaired) electrons. The van der Waals surface area contributed by atoms with Gasteiger partial charge in [0.25, 0.3) is 5.91 Å². The Morgan fingerprint density at radius 3 is 2.75 bits per heavy atom. The average molecular weight is 328 g/mol. The predicted octanol–water partition coefficient (Wildman–Crippen LogP) is 1.85. The summed E-state index contributed by atoms with van der Waals surface area (Å²) in [7, 11) is 0. The van der Waals surface area contributed by atoms with E-state index in [4.69, 9.17) is 5.26 Å². The number of nitriles is 1. The predicted molar refractivity (Wildman–Crippen MR) is 87.9 cm³/mol. The second-order valence-corrected chi connectivity index (χ2v) is 6.49. The van der Waals surface area contributed by atoms with Crippen LogP contribution in [0.5, 0.6) is 0 Å². The highest BCUT2D eigenvalue weighted by Crippen LogP contribution is 2.24. The Hall–Kier alpha value is -2.88. The number of benzene rings is 1. The topological polar surface area (TPSA) is 102 Å². The Kier molecular flexibility index (Phi) is 4.88. The molecule has 2 rings (SSSR count). The quantitative estimate of drug-likeness (QED) is 0.805. The van der Waals surface area contributed by atoms with Crippen LogP contribution in [0.1, 0.15) is 32.8 Å². The molecule has 0 saturated carbocycles. The molecule has 1 saturated heterocycles. The molecule has 0 aromatic heterocycles. The van der Waals surface area contributed by atoms with Crippen molar-refractivity contribution < 1.29 is 14.4 Å². The molecular formula is C17H20N4O3. The number of rotatable bonds is 5. The second kappa shape index (κ2) is 6.71. The van der Waals surface area contributed by atoms with Gasteiger partial charge >= 0.3 is 6.03 Å². The zero-order valence-electron chi connectivity index (χ0n) is 13.9. The molecule has 2 N–H and O–H groups in total. The van der Waals surface area contributed by atoms with Crippen molar-refractivity contribution in [2.24, 2.45) is 5.92 Å². The first-order valence-electron chi connectivity index (χ1n) is 7.69. The normalized spacial score (nSPS) is 20.0. The highest BCUT2D eigenvalue weighted by Gasteiger charge is 2.48. The highest BCUT2D eigenvalue weighted by atomic mass is 16.2. The zero-order valence-corrected chi connectivity index (χ0v) is 13.9. The van der Waals surface area contributed by atoms with Crippen LogP contribution >= 0.6 is 0 Å². The lowest BCUT2D eigenvalue weighted by atomic mass is 9.91. The number of hydrogen-bond donors (Lipinski definition) is 2. The third-order valence-corrected chi connectivity index (χ3v) is 3.74. The Bertz CT molecular complexity index is 723. The average Bonchev–Trinajstić information content (AvgIpc) is 2.70. The minimum atomic E-state index is -0.980. The van der Waals surface area contributed by atoms with Crippen molar-refractivity contribution in [3.63, 3.8) is 0 Å². The van der Waals surface area contributed by atoms with Gasteiger partial charge in [-0.15, -0.1) is 0 Å². The molecule has 7 heteroatoms. The van der Waals surface area contributed by atoms with Crippen LogP contribution in [-0.2, 0) is 9.59 Å². The number of hydrogen-bond acceptors (Lipinski definition) is 4. The van der Waals surface area contributed by atoms with Crippen molar-refractivity contribution >= 4 is 23.5 Å². The molecule has 1 aliphatic rings. The number of nitrogens with zero attached hydrogens (tertiary/aromatic N) is 2. The number of nitrogens with one attached hydrogen (secondary N) is 2. The number of urea groups is 1. The summed E-state index contributed by atoms with van der Waals surface area (Å²) >= 11 is 0. The minimum Gasteiger partial charge on any atom is -0.324 e. The molecule has 0 spiro atoms. The fraction of sp³-hybridized carbons (Fsp3) is 0.412. The van der Waals surface area contributed by atoms with Gasteiger partial charge in [0, 0.05) is 5.69 Å². The molecule has 0 unspecified atom stereocenters. The number of amides is 4. The van der Waals surface area contributed by atoms with E-state index in [1.165, 1.54) is 6.07 Å². The van der Waals surface area contributed by atoms with Gasteiger partial charge in [-0.1, -0.05) is 19.9 Å². The van der Waals surface area contributed by atoms with Crippen molar-refractivity contribution in [1.29, 1.82) is 5.26 Å². The van der Waals surface area contributed by atoms with Crippen LogP contribution < -0.4 is 10.6 Å². The van der Waals surface area contributed by atoms with E-state index in [-0.39, 0.29) is 12.5 Å². The first-order valence-corrected chi connectivity index (χ1v) is 7.69. The van der Waals surface area contributed by atoms with Gasteiger partial charge in [0.05, 0.1) is 11.6 Å². The van der Waals surface area contributed by atoms with Crippen LogP contribution in [-0.4, -0.2) is 34.8 Å². The number of carbonyl (C=O) groups is 3. The third-order valence-electron chi connectivity index (χ3n) is 3.74. The molecule has 1 aromatic rings. The summed E-state index contributed by atoms with van der Waals surface area (Å²) < 4.78 is 0.